The second-order valence-electron chi connectivity index (χ2n) is 6.97. The van der Waals surface area contributed by atoms with Gasteiger partial charge in [-0.15, -0.1) is 5.12 Å². The highest BCUT2D eigenvalue weighted by atomic mass is 35.5. The van der Waals surface area contributed by atoms with Gasteiger partial charge in [0, 0.05) is 17.8 Å². The van der Waals surface area contributed by atoms with E-state index in [0.717, 1.165) is 6.07 Å². The van der Waals surface area contributed by atoms with E-state index in [1.807, 2.05) is 6.08 Å². The van der Waals surface area contributed by atoms with Crippen LogP contribution in [0.25, 0.3) is 10.9 Å². The Kier molecular flexibility index (Phi) is 5.55. The molecule has 3 aromatic rings. The van der Waals surface area contributed by atoms with Gasteiger partial charge in [0.05, 0.1) is 34.3 Å². The molecular formula is C21H17ClF3N5O. The molecule has 2 aromatic carbocycles. The topological polar surface area (TPSA) is 61.4 Å². The van der Waals surface area contributed by atoms with Crippen molar-refractivity contribution in [3.05, 3.63) is 82.9 Å². The van der Waals surface area contributed by atoms with Crippen LogP contribution in [-0.2, 0) is 6.18 Å². The third-order valence-corrected chi connectivity index (χ3v) is 5.32. The summed E-state index contributed by atoms with van der Waals surface area (Å²) in [5.74, 6) is -0.443. The smallest absolute Gasteiger partial charge is 0.291 e. The summed E-state index contributed by atoms with van der Waals surface area (Å²) in [7, 11) is 0. The van der Waals surface area contributed by atoms with Crippen LogP contribution in [0, 0.1) is 0 Å². The Labute approximate surface area is 180 Å². The van der Waals surface area contributed by atoms with Gasteiger partial charge in [0.1, 0.15) is 6.33 Å². The number of carbonyl (C=O) groups is 1. The number of carbonyl (C=O) groups excluding carboxylic acids is 1. The summed E-state index contributed by atoms with van der Waals surface area (Å²) in [5, 5.41) is 3.51. The van der Waals surface area contributed by atoms with Crippen molar-refractivity contribution in [1.82, 2.24) is 25.5 Å². The van der Waals surface area contributed by atoms with Crippen LogP contribution >= 0.6 is 11.6 Å². The van der Waals surface area contributed by atoms with E-state index in [9.17, 15) is 18.0 Å². The van der Waals surface area contributed by atoms with Crippen molar-refractivity contribution in [2.45, 2.75) is 19.1 Å². The van der Waals surface area contributed by atoms with Crippen molar-refractivity contribution >= 4 is 28.4 Å². The fourth-order valence-corrected chi connectivity index (χ4v) is 3.49. The Hall–Kier alpha value is -3.17. The van der Waals surface area contributed by atoms with Gasteiger partial charge in [-0.25, -0.2) is 9.97 Å². The molecule has 1 atom stereocenters. The SMILES string of the molecule is C[C@@H](c1ccc(Cl)c(C(F)(F)F)c1)N(NC(=O)c1cccc2cncnc12)N1C=CC1. The molecule has 31 heavy (non-hydrogen) atoms. The molecular weight excluding hydrogens is 431 g/mol. The van der Waals surface area contributed by atoms with Crippen molar-refractivity contribution in [1.29, 1.82) is 0 Å². The second kappa shape index (κ2) is 8.16. The minimum atomic E-state index is -4.58. The number of alkyl halides is 3. The number of hydrogen-bond acceptors (Lipinski definition) is 5. The molecule has 1 amide bonds. The first-order chi connectivity index (χ1) is 14.8. The van der Waals surface area contributed by atoms with Crippen molar-refractivity contribution in [3.8, 4) is 0 Å². The summed E-state index contributed by atoms with van der Waals surface area (Å²) in [6, 6.07) is 8.24. The molecule has 0 unspecified atom stereocenters. The number of fused-ring (bicyclic) bond motifs is 1. The summed E-state index contributed by atoms with van der Waals surface area (Å²) in [6.45, 7) is 2.20. The van der Waals surface area contributed by atoms with Crippen LogP contribution < -0.4 is 5.43 Å². The average molecular weight is 448 g/mol. The first-order valence-corrected chi connectivity index (χ1v) is 9.72. The van der Waals surface area contributed by atoms with Crippen LogP contribution in [0.4, 0.5) is 13.2 Å². The molecule has 1 aromatic heterocycles. The summed E-state index contributed by atoms with van der Waals surface area (Å²) in [4.78, 5) is 21.2. The van der Waals surface area contributed by atoms with Gasteiger partial charge in [-0.3, -0.25) is 15.2 Å². The Morgan fingerprint density at radius 1 is 1.29 bits per heavy atom. The molecule has 0 spiro atoms. The molecule has 0 radical (unpaired) electrons. The minimum absolute atomic E-state index is 0.327. The van der Waals surface area contributed by atoms with Crippen molar-refractivity contribution in [3.63, 3.8) is 0 Å². The number of aromatic nitrogens is 2. The Balaban J connectivity index is 1.65. The molecule has 4 rings (SSSR count). The van der Waals surface area contributed by atoms with E-state index >= 15 is 0 Å². The van der Waals surface area contributed by atoms with E-state index in [4.69, 9.17) is 11.6 Å². The van der Waals surface area contributed by atoms with Crippen LogP contribution in [-0.4, -0.2) is 32.5 Å². The van der Waals surface area contributed by atoms with Crippen LogP contribution in [0.3, 0.4) is 0 Å². The summed E-state index contributed by atoms with van der Waals surface area (Å²) in [6.07, 6.45) is 1.96. The van der Waals surface area contributed by atoms with Gasteiger partial charge in [0.2, 0.25) is 0 Å². The van der Waals surface area contributed by atoms with Gasteiger partial charge < -0.3 is 0 Å². The fraction of sp³-hybridized carbons (Fsp3) is 0.190. The maximum atomic E-state index is 13.3. The number of halogens is 4. The molecule has 0 aliphatic carbocycles. The standard InChI is InChI=1S/C21H17ClF3N5O/c1-13(14-6-7-18(22)17(10-14)21(23,24)25)30(29-8-3-9-29)28-20(31)16-5-2-4-15-11-26-12-27-19(15)16/h2-8,10-13H,9H2,1H3,(H,28,31)/t13-/m0/s1. The van der Waals surface area contributed by atoms with Crippen LogP contribution in [0.2, 0.25) is 5.02 Å². The quantitative estimate of drug-likeness (QED) is 0.572. The Bertz CT molecular complexity index is 1160. The summed E-state index contributed by atoms with van der Waals surface area (Å²) >= 11 is 5.75. The number of amides is 1. The van der Waals surface area contributed by atoms with E-state index in [1.54, 1.807) is 42.5 Å². The highest BCUT2D eigenvalue weighted by molar-refractivity contribution is 6.31. The van der Waals surface area contributed by atoms with Crippen LogP contribution in [0.5, 0.6) is 0 Å². The lowest BCUT2D eigenvalue weighted by molar-refractivity contribution is -0.137. The monoisotopic (exact) mass is 447 g/mol. The highest BCUT2D eigenvalue weighted by Gasteiger charge is 2.35. The number of hydrogen-bond donors (Lipinski definition) is 1. The number of hydrazine groups is 2. The molecule has 6 nitrogen and oxygen atoms in total. The average Bonchev–Trinajstić information content (AvgIpc) is 2.70. The predicted octanol–water partition coefficient (Wildman–Crippen LogP) is 4.75. The maximum absolute atomic E-state index is 13.3. The molecule has 0 fully saturated rings. The molecule has 0 saturated carbocycles. The third-order valence-electron chi connectivity index (χ3n) is 4.99. The first-order valence-electron chi connectivity index (χ1n) is 9.34. The number of rotatable bonds is 5. The summed E-state index contributed by atoms with van der Waals surface area (Å²) in [5.41, 5.74) is 3.02. The lowest BCUT2D eigenvalue weighted by Crippen LogP contribution is -2.54. The Morgan fingerprint density at radius 2 is 2.06 bits per heavy atom. The van der Waals surface area contributed by atoms with E-state index in [-0.39, 0.29) is 5.02 Å². The van der Waals surface area contributed by atoms with Gasteiger partial charge in [-0.2, -0.15) is 13.2 Å². The largest absolute Gasteiger partial charge is 0.417 e. The zero-order valence-corrected chi connectivity index (χ0v) is 17.0. The van der Waals surface area contributed by atoms with E-state index in [1.165, 1.54) is 23.6 Å². The molecule has 1 aliphatic heterocycles. The van der Waals surface area contributed by atoms with Gasteiger partial charge >= 0.3 is 6.18 Å². The Morgan fingerprint density at radius 3 is 2.74 bits per heavy atom. The van der Waals surface area contributed by atoms with Crippen LogP contribution in [0.15, 0.2) is 61.2 Å². The van der Waals surface area contributed by atoms with Crippen molar-refractivity contribution < 1.29 is 18.0 Å². The number of nitrogens with zero attached hydrogens (tertiary/aromatic N) is 4. The lowest BCUT2D eigenvalue weighted by atomic mass is 10.0. The molecule has 1 aliphatic rings. The van der Waals surface area contributed by atoms with E-state index < -0.39 is 23.7 Å². The lowest BCUT2D eigenvalue weighted by Gasteiger charge is -2.41. The maximum Gasteiger partial charge on any atom is 0.417 e. The van der Waals surface area contributed by atoms with Gasteiger partial charge in [0.15, 0.2) is 0 Å². The van der Waals surface area contributed by atoms with Gasteiger partial charge in [-0.05, 0) is 36.8 Å². The highest BCUT2D eigenvalue weighted by Crippen LogP contribution is 2.37. The fourth-order valence-electron chi connectivity index (χ4n) is 3.27. The number of nitrogens with one attached hydrogen (secondary N) is 1. The van der Waals surface area contributed by atoms with Gasteiger partial charge in [-0.1, -0.05) is 29.8 Å². The van der Waals surface area contributed by atoms with E-state index in [0.29, 0.717) is 28.6 Å². The molecule has 1 N–H and O–H groups in total. The third kappa shape index (κ3) is 4.19. The summed E-state index contributed by atoms with van der Waals surface area (Å²) < 4.78 is 39.9. The van der Waals surface area contributed by atoms with E-state index in [2.05, 4.69) is 15.4 Å². The normalized spacial score (nSPS) is 14.6. The first kappa shape index (κ1) is 21.1. The zero-order chi connectivity index (χ0) is 22.2. The van der Waals surface area contributed by atoms with Gasteiger partial charge in [0.25, 0.3) is 5.91 Å². The predicted molar refractivity (Wildman–Crippen MR) is 110 cm³/mol. The van der Waals surface area contributed by atoms with Crippen LogP contribution in [0.1, 0.15) is 34.5 Å². The van der Waals surface area contributed by atoms with Crippen molar-refractivity contribution in [2.24, 2.45) is 0 Å². The molecule has 0 saturated heterocycles. The number of benzene rings is 2. The molecule has 0 bridgehead atoms. The minimum Gasteiger partial charge on any atom is -0.291 e. The second-order valence-corrected chi connectivity index (χ2v) is 7.38. The molecule has 10 heteroatoms. The number of para-hydroxylation sites is 1. The molecule has 2 heterocycles. The molecule has 160 valence electrons. The van der Waals surface area contributed by atoms with Crippen molar-refractivity contribution in [2.75, 3.05) is 6.54 Å². The zero-order valence-electron chi connectivity index (χ0n) is 16.3.